The van der Waals surface area contributed by atoms with Gasteiger partial charge in [-0.1, -0.05) is 30.3 Å². The Morgan fingerprint density at radius 3 is 2.39 bits per heavy atom. The zero-order chi connectivity index (χ0) is 26.1. The normalized spacial score (nSPS) is 16.2. The average molecular weight is 516 g/mol. The molecule has 3 aromatic heterocycles. The van der Waals surface area contributed by atoms with Crippen LogP contribution in [0.2, 0.25) is 0 Å². The Morgan fingerprint density at radius 1 is 0.947 bits per heavy atom. The molecule has 5 heterocycles. The molecule has 0 spiro atoms. The maximum absolute atomic E-state index is 13.6. The lowest BCUT2D eigenvalue weighted by atomic mass is 10.1. The third-order valence-corrected chi connectivity index (χ3v) is 6.92. The minimum absolute atomic E-state index is 0.0181. The molecule has 1 amide bonds. The molecule has 0 aliphatic carbocycles. The molecule has 2 aliphatic rings. The van der Waals surface area contributed by atoms with Gasteiger partial charge in [-0.3, -0.25) is 18.7 Å². The van der Waals surface area contributed by atoms with Crippen LogP contribution in [-0.2, 0) is 22.9 Å². The number of imidazole rings is 1. The minimum atomic E-state index is -0.221. The second-order valence-electron chi connectivity index (χ2n) is 9.40. The summed E-state index contributed by atoms with van der Waals surface area (Å²) in [6.45, 7) is 4.55. The summed E-state index contributed by atoms with van der Waals surface area (Å²) in [5.41, 5.74) is 3.71. The number of fused-ring (bicyclic) bond motifs is 1. The summed E-state index contributed by atoms with van der Waals surface area (Å²) in [6.07, 6.45) is 3.47. The van der Waals surface area contributed by atoms with Crippen molar-refractivity contribution in [3.05, 3.63) is 65.7 Å². The van der Waals surface area contributed by atoms with Gasteiger partial charge in [0, 0.05) is 51.1 Å². The zero-order valence-corrected chi connectivity index (χ0v) is 21.2. The van der Waals surface area contributed by atoms with Crippen molar-refractivity contribution in [3.63, 3.8) is 0 Å². The molecule has 2 saturated heterocycles. The summed E-state index contributed by atoms with van der Waals surface area (Å²) in [4.78, 5) is 40.4. The van der Waals surface area contributed by atoms with Crippen molar-refractivity contribution in [2.75, 3.05) is 57.5 Å². The molecule has 1 aromatic carbocycles. The van der Waals surface area contributed by atoms with Crippen LogP contribution < -0.4 is 4.90 Å². The van der Waals surface area contributed by atoms with Gasteiger partial charge in [0.05, 0.1) is 56.0 Å². The van der Waals surface area contributed by atoms with Crippen molar-refractivity contribution >= 4 is 23.3 Å². The van der Waals surface area contributed by atoms with Gasteiger partial charge < -0.3 is 19.3 Å². The number of amides is 1. The molecule has 11 heteroatoms. The lowest BCUT2D eigenvalue weighted by Gasteiger charge is -2.28. The number of anilines is 1. The number of nitrogens with zero attached hydrogens (tertiary/aromatic N) is 7. The van der Waals surface area contributed by atoms with Crippen LogP contribution in [0.25, 0.3) is 16.9 Å². The maximum atomic E-state index is 13.6. The van der Waals surface area contributed by atoms with Crippen LogP contribution in [0, 0.1) is 0 Å². The van der Waals surface area contributed by atoms with Crippen LogP contribution >= 0.6 is 0 Å². The quantitative estimate of drug-likeness (QED) is 0.358. The third kappa shape index (κ3) is 4.66. The summed E-state index contributed by atoms with van der Waals surface area (Å²) in [5.74, 6) is 0.294. The van der Waals surface area contributed by atoms with Gasteiger partial charge >= 0.3 is 0 Å². The number of hydrogen-bond acceptors (Lipinski definition) is 8. The number of ether oxygens (including phenoxy) is 2. The number of rotatable bonds is 6. The van der Waals surface area contributed by atoms with Gasteiger partial charge in [0.25, 0.3) is 5.91 Å². The smallest absolute Gasteiger partial charge is 0.257 e. The predicted octanol–water partition coefficient (Wildman–Crippen LogP) is 1.86. The Morgan fingerprint density at radius 2 is 1.66 bits per heavy atom. The van der Waals surface area contributed by atoms with Gasteiger partial charge in [-0.05, 0) is 0 Å². The van der Waals surface area contributed by atoms with Gasteiger partial charge in [0.1, 0.15) is 11.3 Å². The van der Waals surface area contributed by atoms with Crippen LogP contribution in [0.1, 0.15) is 26.5 Å². The molecule has 0 N–H and O–H groups in total. The van der Waals surface area contributed by atoms with Crippen molar-refractivity contribution in [2.24, 2.45) is 7.05 Å². The van der Waals surface area contributed by atoms with E-state index in [0.717, 1.165) is 17.2 Å². The van der Waals surface area contributed by atoms with E-state index >= 15 is 0 Å². The van der Waals surface area contributed by atoms with Crippen molar-refractivity contribution in [2.45, 2.75) is 6.42 Å². The number of morpholine rings is 2. The van der Waals surface area contributed by atoms with Crippen LogP contribution in [-0.4, -0.2) is 93.3 Å². The summed E-state index contributed by atoms with van der Waals surface area (Å²) >= 11 is 0. The molecular formula is C27H29N7O4. The fourth-order valence-electron chi connectivity index (χ4n) is 4.95. The largest absolute Gasteiger partial charge is 0.378 e. The number of ketones is 1. The second kappa shape index (κ2) is 10.3. The molecule has 6 rings (SSSR count). The molecule has 0 radical (unpaired) electrons. The minimum Gasteiger partial charge on any atom is -0.378 e. The molecule has 0 saturated carbocycles. The van der Waals surface area contributed by atoms with Crippen molar-refractivity contribution in [1.29, 1.82) is 0 Å². The highest BCUT2D eigenvalue weighted by atomic mass is 16.5. The van der Waals surface area contributed by atoms with Gasteiger partial charge in [-0.15, -0.1) is 0 Å². The number of Topliss-reactive ketones (excluding diaryl/α,β-unsaturated/α-hetero) is 1. The van der Waals surface area contributed by atoms with E-state index in [0.29, 0.717) is 69.5 Å². The Balaban J connectivity index is 1.35. The number of aryl methyl sites for hydroxylation is 1. The molecule has 0 bridgehead atoms. The van der Waals surface area contributed by atoms with Crippen molar-refractivity contribution in [3.8, 4) is 11.3 Å². The van der Waals surface area contributed by atoms with Gasteiger partial charge in [0.15, 0.2) is 5.78 Å². The van der Waals surface area contributed by atoms with E-state index in [1.165, 1.54) is 10.9 Å². The summed E-state index contributed by atoms with van der Waals surface area (Å²) < 4.78 is 14.4. The Labute approximate surface area is 219 Å². The van der Waals surface area contributed by atoms with Gasteiger partial charge in [-0.25, -0.2) is 9.97 Å². The van der Waals surface area contributed by atoms with E-state index in [2.05, 4.69) is 10.00 Å². The van der Waals surface area contributed by atoms with E-state index < -0.39 is 0 Å². The molecule has 196 valence electrons. The zero-order valence-electron chi connectivity index (χ0n) is 21.2. The monoisotopic (exact) mass is 515 g/mol. The van der Waals surface area contributed by atoms with Crippen molar-refractivity contribution in [1.82, 2.24) is 29.0 Å². The van der Waals surface area contributed by atoms with Gasteiger partial charge in [0.2, 0.25) is 5.95 Å². The topological polar surface area (TPSA) is 107 Å². The Bertz CT molecular complexity index is 1470. The third-order valence-electron chi connectivity index (χ3n) is 6.92. The van der Waals surface area contributed by atoms with Crippen LogP contribution in [0.15, 0.2) is 48.8 Å². The van der Waals surface area contributed by atoms with Crippen LogP contribution in [0.3, 0.4) is 0 Å². The number of hydrogen-bond donors (Lipinski definition) is 0. The first-order chi connectivity index (χ1) is 18.6. The first-order valence-electron chi connectivity index (χ1n) is 12.8. The molecular weight excluding hydrogens is 486 g/mol. The lowest BCUT2D eigenvalue weighted by Crippen LogP contribution is -2.41. The maximum Gasteiger partial charge on any atom is 0.257 e. The summed E-state index contributed by atoms with van der Waals surface area (Å²) in [6, 6.07) is 11.8. The number of aromatic nitrogens is 5. The molecule has 0 atom stereocenters. The lowest BCUT2D eigenvalue weighted by molar-refractivity contribution is 0.0301. The van der Waals surface area contributed by atoms with Gasteiger partial charge in [-0.2, -0.15) is 5.10 Å². The molecule has 38 heavy (non-hydrogen) atoms. The van der Waals surface area contributed by atoms with Crippen molar-refractivity contribution < 1.29 is 19.1 Å². The molecule has 4 aromatic rings. The fraction of sp³-hybridized carbons (Fsp3) is 0.370. The number of benzene rings is 1. The fourth-order valence-corrected chi connectivity index (χ4v) is 4.95. The highest BCUT2D eigenvalue weighted by Crippen LogP contribution is 2.25. The van der Waals surface area contributed by atoms with E-state index in [1.54, 1.807) is 11.9 Å². The van der Waals surface area contributed by atoms with Crippen LogP contribution in [0.5, 0.6) is 0 Å². The molecule has 11 nitrogen and oxygen atoms in total. The predicted molar refractivity (Wildman–Crippen MR) is 139 cm³/mol. The van der Waals surface area contributed by atoms with E-state index in [1.807, 2.05) is 47.0 Å². The molecule has 0 unspecified atom stereocenters. The second-order valence-corrected chi connectivity index (χ2v) is 9.40. The SMILES string of the molecule is Cn1ncc(C(=O)N2CCOCC2)c1C(=O)Cc1cc2nc(-c3ccccc3)cn2c(N2CCOCC2)n1. The van der Waals surface area contributed by atoms with E-state index in [9.17, 15) is 9.59 Å². The average Bonchev–Trinajstić information content (AvgIpc) is 3.57. The van der Waals surface area contributed by atoms with E-state index in [4.69, 9.17) is 19.4 Å². The first kappa shape index (κ1) is 24.3. The number of carbonyl (C=O) groups is 2. The highest BCUT2D eigenvalue weighted by Gasteiger charge is 2.28. The molecule has 2 aliphatic heterocycles. The first-order valence-corrected chi connectivity index (χ1v) is 12.8. The highest BCUT2D eigenvalue weighted by molar-refractivity contribution is 6.07. The van der Waals surface area contributed by atoms with Crippen LogP contribution in [0.4, 0.5) is 5.95 Å². The van der Waals surface area contributed by atoms with E-state index in [-0.39, 0.29) is 23.8 Å². The Kier molecular flexibility index (Phi) is 6.61. The standard InChI is InChI=1S/C27H29N7O4/c1-31-25(21(17-28-31)26(36)32-7-11-37-12-8-32)23(35)15-20-16-24-30-22(19-5-3-2-4-6-19)18-34(24)27(29-20)33-9-13-38-14-10-33/h2-6,16-18H,7-15H2,1H3. The Hall–Kier alpha value is -4.09. The summed E-state index contributed by atoms with van der Waals surface area (Å²) in [7, 11) is 1.68. The molecule has 2 fully saturated rings. The summed E-state index contributed by atoms with van der Waals surface area (Å²) in [5, 5.41) is 4.23. The number of carbonyl (C=O) groups excluding carboxylic acids is 2.